The highest BCUT2D eigenvalue weighted by molar-refractivity contribution is 7.90. The van der Waals surface area contributed by atoms with Crippen LogP contribution in [0.15, 0.2) is 0 Å². The van der Waals surface area contributed by atoms with Gasteiger partial charge in [-0.3, -0.25) is 0 Å². The molecule has 2 saturated carbocycles. The fraction of sp³-hybridized carbons (Fsp3) is 0.889. The van der Waals surface area contributed by atoms with Crippen LogP contribution >= 0.6 is 12.2 Å². The highest BCUT2D eigenvalue weighted by Gasteiger charge is 2.40. The summed E-state index contributed by atoms with van der Waals surface area (Å²) in [6, 6.07) is -0.0619. The van der Waals surface area contributed by atoms with Crippen LogP contribution in [0.4, 0.5) is 0 Å². The summed E-state index contributed by atoms with van der Waals surface area (Å²) in [6.07, 6.45) is 4.35. The summed E-state index contributed by atoms with van der Waals surface area (Å²) >= 11 is 4.95. The third-order valence-corrected chi connectivity index (χ3v) is 5.44. The van der Waals surface area contributed by atoms with Gasteiger partial charge in [-0.25, -0.2) is 13.1 Å². The maximum atomic E-state index is 11.7. The quantitative estimate of drug-likeness (QED) is 0.712. The second-order valence-corrected chi connectivity index (χ2v) is 6.87. The summed E-state index contributed by atoms with van der Waals surface area (Å²) in [5, 5.41) is -0.162. The van der Waals surface area contributed by atoms with Crippen molar-refractivity contribution < 1.29 is 8.42 Å². The highest BCUT2D eigenvalue weighted by Crippen LogP contribution is 2.31. The standard InChI is InChI=1S/C9H16N2O2S2/c10-9(14)7-2-1-3-8(7)11-15(12,13)6-4-5-6/h6-8,11H,1-5H2,(H2,10,14). The lowest BCUT2D eigenvalue weighted by atomic mass is 10.1. The lowest BCUT2D eigenvalue weighted by Gasteiger charge is -2.19. The zero-order valence-electron chi connectivity index (χ0n) is 8.48. The Hall–Kier alpha value is -0.200. The van der Waals surface area contributed by atoms with Crippen molar-refractivity contribution in [3.63, 3.8) is 0 Å². The molecule has 0 saturated heterocycles. The number of rotatable bonds is 4. The van der Waals surface area contributed by atoms with Gasteiger partial charge in [-0.15, -0.1) is 0 Å². The second kappa shape index (κ2) is 3.99. The third kappa shape index (κ3) is 2.49. The van der Waals surface area contributed by atoms with Gasteiger partial charge >= 0.3 is 0 Å². The normalized spacial score (nSPS) is 31.7. The van der Waals surface area contributed by atoms with E-state index in [1.165, 1.54) is 0 Å². The summed E-state index contributed by atoms with van der Waals surface area (Å²) in [5.41, 5.74) is 5.60. The van der Waals surface area contributed by atoms with Gasteiger partial charge in [0.25, 0.3) is 0 Å². The van der Waals surface area contributed by atoms with Crippen molar-refractivity contribution in [1.29, 1.82) is 0 Å². The monoisotopic (exact) mass is 248 g/mol. The van der Waals surface area contributed by atoms with Crippen LogP contribution in [0.2, 0.25) is 0 Å². The summed E-state index contributed by atoms with van der Waals surface area (Å²) in [5.74, 6) is 0.0496. The van der Waals surface area contributed by atoms with Crippen LogP contribution in [0, 0.1) is 5.92 Å². The lowest BCUT2D eigenvalue weighted by Crippen LogP contribution is -2.42. The molecule has 4 nitrogen and oxygen atoms in total. The Bertz CT molecular complexity index is 362. The summed E-state index contributed by atoms with van der Waals surface area (Å²) in [4.78, 5) is 0.441. The maximum Gasteiger partial charge on any atom is 0.214 e. The topological polar surface area (TPSA) is 72.2 Å². The molecular formula is C9H16N2O2S2. The van der Waals surface area contributed by atoms with Crippen LogP contribution in [0.3, 0.4) is 0 Å². The van der Waals surface area contributed by atoms with Crippen LogP contribution in [0.25, 0.3) is 0 Å². The van der Waals surface area contributed by atoms with E-state index in [2.05, 4.69) is 4.72 Å². The molecule has 0 bridgehead atoms. The van der Waals surface area contributed by atoms with Gasteiger partial charge < -0.3 is 5.73 Å². The molecule has 2 atom stereocenters. The predicted molar refractivity (Wildman–Crippen MR) is 63.0 cm³/mol. The molecular weight excluding hydrogens is 232 g/mol. The largest absolute Gasteiger partial charge is 0.393 e. The van der Waals surface area contributed by atoms with Crippen molar-refractivity contribution in [3.8, 4) is 0 Å². The average molecular weight is 248 g/mol. The molecule has 0 radical (unpaired) electrons. The first-order valence-electron chi connectivity index (χ1n) is 5.31. The molecule has 0 aromatic rings. The molecule has 0 spiro atoms. The van der Waals surface area contributed by atoms with Crippen LogP contribution < -0.4 is 10.5 Å². The third-order valence-electron chi connectivity index (χ3n) is 3.16. The molecule has 0 aromatic carbocycles. The highest BCUT2D eigenvalue weighted by atomic mass is 32.2. The molecule has 0 amide bonds. The number of hydrogen-bond acceptors (Lipinski definition) is 3. The molecule has 2 unspecified atom stereocenters. The van der Waals surface area contributed by atoms with Gasteiger partial charge in [0.05, 0.1) is 10.2 Å². The number of nitrogens with two attached hydrogens (primary N) is 1. The van der Waals surface area contributed by atoms with Gasteiger partial charge in [-0.05, 0) is 25.7 Å². The van der Waals surface area contributed by atoms with E-state index in [0.717, 1.165) is 32.1 Å². The first kappa shape index (κ1) is 11.3. The summed E-state index contributed by atoms with van der Waals surface area (Å²) in [6.45, 7) is 0. The van der Waals surface area contributed by atoms with Crippen molar-refractivity contribution in [3.05, 3.63) is 0 Å². The first-order valence-corrected chi connectivity index (χ1v) is 7.26. The average Bonchev–Trinajstić information content (AvgIpc) is 2.88. The maximum absolute atomic E-state index is 11.7. The Balaban J connectivity index is 2.01. The molecule has 0 aliphatic heterocycles. The molecule has 6 heteroatoms. The van der Waals surface area contributed by atoms with Gasteiger partial charge in [0, 0.05) is 12.0 Å². The first-order chi connectivity index (χ1) is 7.00. The number of thiocarbonyl (C=S) groups is 1. The van der Waals surface area contributed by atoms with Crippen molar-refractivity contribution in [2.45, 2.75) is 43.4 Å². The van der Waals surface area contributed by atoms with E-state index in [0.29, 0.717) is 4.99 Å². The summed E-state index contributed by atoms with van der Waals surface area (Å²) < 4.78 is 26.2. The van der Waals surface area contributed by atoms with E-state index in [1.54, 1.807) is 0 Å². The Kier molecular flexibility index (Phi) is 3.00. The van der Waals surface area contributed by atoms with E-state index < -0.39 is 10.0 Å². The second-order valence-electron chi connectivity index (χ2n) is 4.41. The van der Waals surface area contributed by atoms with Gasteiger partial charge in [-0.1, -0.05) is 18.6 Å². The van der Waals surface area contributed by atoms with Crippen LogP contribution in [0.1, 0.15) is 32.1 Å². The van der Waals surface area contributed by atoms with Gasteiger partial charge in [0.1, 0.15) is 0 Å². The fourth-order valence-corrected chi connectivity index (χ4v) is 4.06. The zero-order chi connectivity index (χ0) is 11.1. The molecule has 2 fully saturated rings. The molecule has 2 aliphatic carbocycles. The molecule has 0 aromatic heterocycles. The molecule has 15 heavy (non-hydrogen) atoms. The van der Waals surface area contributed by atoms with Gasteiger partial charge in [-0.2, -0.15) is 0 Å². The molecule has 3 N–H and O–H groups in total. The molecule has 2 aliphatic rings. The Labute approximate surface area is 95.7 Å². The number of sulfonamides is 1. The van der Waals surface area contributed by atoms with Crippen LogP contribution in [0.5, 0.6) is 0 Å². The van der Waals surface area contributed by atoms with Gasteiger partial charge in [0.15, 0.2) is 0 Å². The van der Waals surface area contributed by atoms with E-state index >= 15 is 0 Å². The molecule has 86 valence electrons. The van der Waals surface area contributed by atoms with Crippen LogP contribution in [-0.4, -0.2) is 24.7 Å². The predicted octanol–water partition coefficient (Wildman–Crippen LogP) is 0.523. The van der Waals surface area contributed by atoms with E-state index in [-0.39, 0.29) is 17.2 Å². The Morgan fingerprint density at radius 3 is 2.47 bits per heavy atom. The molecule has 2 rings (SSSR count). The number of nitrogens with one attached hydrogen (secondary N) is 1. The van der Waals surface area contributed by atoms with E-state index in [1.807, 2.05) is 0 Å². The number of hydrogen-bond donors (Lipinski definition) is 2. The zero-order valence-corrected chi connectivity index (χ0v) is 10.1. The fourth-order valence-electron chi connectivity index (χ4n) is 2.13. The van der Waals surface area contributed by atoms with E-state index in [4.69, 9.17) is 18.0 Å². The van der Waals surface area contributed by atoms with Crippen molar-refractivity contribution >= 4 is 27.2 Å². The smallest absolute Gasteiger partial charge is 0.214 e. The minimum atomic E-state index is -3.10. The van der Waals surface area contributed by atoms with Crippen LogP contribution in [-0.2, 0) is 10.0 Å². The summed E-state index contributed by atoms with van der Waals surface area (Å²) in [7, 11) is -3.10. The van der Waals surface area contributed by atoms with E-state index in [9.17, 15) is 8.42 Å². The minimum Gasteiger partial charge on any atom is -0.393 e. The van der Waals surface area contributed by atoms with Crippen molar-refractivity contribution in [1.82, 2.24) is 4.72 Å². The van der Waals surface area contributed by atoms with Crippen molar-refractivity contribution in [2.75, 3.05) is 0 Å². The Morgan fingerprint density at radius 1 is 1.27 bits per heavy atom. The SMILES string of the molecule is NC(=S)C1CCCC1NS(=O)(=O)C1CC1. The lowest BCUT2D eigenvalue weighted by molar-refractivity contribution is 0.524. The molecule has 0 heterocycles. The van der Waals surface area contributed by atoms with Gasteiger partial charge in [0.2, 0.25) is 10.0 Å². The Morgan fingerprint density at radius 2 is 1.93 bits per heavy atom. The van der Waals surface area contributed by atoms with Crippen molar-refractivity contribution in [2.24, 2.45) is 11.7 Å². The minimum absolute atomic E-state index is 0.0496.